The fourth-order valence-corrected chi connectivity index (χ4v) is 3.85. The molecular formula is C28H34N6O3. The standard InChI is InChI=1S/C28H34N6O3/c1-5-36-20-11-12-22-21(14-20)27(32-23(15-29)25(30)17-9-10-17)33-26(31-22)18-7-6-8-19(13-18)37-16-24(35)34-28(2,3)4/h6-8,11-15,17,29H,5,9-10,16,30H2,1-4H3,(H,34,35)(H,31,32,33)/b25-23+,29-15?. The van der Waals surface area contributed by atoms with E-state index in [-0.39, 0.29) is 18.1 Å². The summed E-state index contributed by atoms with van der Waals surface area (Å²) < 4.78 is 11.4. The van der Waals surface area contributed by atoms with Gasteiger partial charge in [0.2, 0.25) is 0 Å². The fraction of sp³-hybridized carbons (Fsp3) is 0.357. The Morgan fingerprint density at radius 2 is 1.89 bits per heavy atom. The molecule has 2 aromatic carbocycles. The molecule has 1 fully saturated rings. The van der Waals surface area contributed by atoms with Gasteiger partial charge in [-0.15, -0.1) is 0 Å². The van der Waals surface area contributed by atoms with E-state index in [2.05, 4.69) is 10.6 Å². The van der Waals surface area contributed by atoms with Crippen LogP contribution in [0.2, 0.25) is 0 Å². The van der Waals surface area contributed by atoms with E-state index in [0.717, 1.165) is 23.8 Å². The van der Waals surface area contributed by atoms with Crippen molar-refractivity contribution in [2.24, 2.45) is 11.7 Å². The Morgan fingerprint density at radius 3 is 2.57 bits per heavy atom. The number of carbonyl (C=O) groups excluding carboxylic acids is 1. The average molecular weight is 503 g/mol. The van der Waals surface area contributed by atoms with Gasteiger partial charge in [0, 0.05) is 34.3 Å². The Balaban J connectivity index is 1.69. The van der Waals surface area contributed by atoms with E-state index in [1.54, 1.807) is 12.1 Å². The number of allylic oxidation sites excluding steroid dienone is 2. The number of rotatable bonds is 10. The minimum Gasteiger partial charge on any atom is -0.494 e. The molecule has 4 rings (SSSR count). The molecule has 1 aromatic heterocycles. The van der Waals surface area contributed by atoms with Crippen LogP contribution in [0.25, 0.3) is 22.3 Å². The van der Waals surface area contributed by atoms with Gasteiger partial charge in [0.05, 0.1) is 17.8 Å². The molecule has 194 valence electrons. The number of ether oxygens (including phenoxy) is 2. The van der Waals surface area contributed by atoms with Crippen molar-refractivity contribution in [3.8, 4) is 22.9 Å². The Kier molecular flexibility index (Phi) is 7.61. The minimum absolute atomic E-state index is 0.0970. The summed E-state index contributed by atoms with van der Waals surface area (Å²) in [7, 11) is 0. The van der Waals surface area contributed by atoms with Crippen molar-refractivity contribution in [3.63, 3.8) is 0 Å². The third-order valence-electron chi connectivity index (χ3n) is 5.68. The Labute approximate surface area is 217 Å². The number of hydrogen-bond donors (Lipinski definition) is 4. The van der Waals surface area contributed by atoms with Gasteiger partial charge in [-0.3, -0.25) is 4.79 Å². The van der Waals surface area contributed by atoms with Crippen LogP contribution in [0.4, 0.5) is 5.82 Å². The number of hydrogen-bond acceptors (Lipinski definition) is 8. The van der Waals surface area contributed by atoms with Crippen LogP contribution in [0.1, 0.15) is 40.5 Å². The molecule has 1 saturated carbocycles. The Hall–Kier alpha value is -4.14. The molecule has 1 aliphatic carbocycles. The number of carbonyl (C=O) groups is 1. The van der Waals surface area contributed by atoms with Crippen molar-refractivity contribution in [2.45, 2.75) is 46.1 Å². The average Bonchev–Trinajstić information content (AvgIpc) is 3.70. The summed E-state index contributed by atoms with van der Waals surface area (Å²) in [5, 5.41) is 14.8. The van der Waals surface area contributed by atoms with Crippen molar-refractivity contribution < 1.29 is 14.3 Å². The topological polar surface area (TPSA) is 135 Å². The molecule has 37 heavy (non-hydrogen) atoms. The normalized spacial score (nSPS) is 14.1. The van der Waals surface area contributed by atoms with E-state index < -0.39 is 0 Å². The highest BCUT2D eigenvalue weighted by atomic mass is 16.5. The molecule has 5 N–H and O–H groups in total. The van der Waals surface area contributed by atoms with E-state index in [4.69, 9.17) is 30.6 Å². The van der Waals surface area contributed by atoms with Gasteiger partial charge in [0.1, 0.15) is 17.3 Å². The molecule has 0 radical (unpaired) electrons. The molecule has 9 heteroatoms. The zero-order valence-corrected chi connectivity index (χ0v) is 21.7. The van der Waals surface area contributed by atoms with Crippen LogP contribution in [0.15, 0.2) is 53.9 Å². The maximum absolute atomic E-state index is 12.2. The molecule has 3 aromatic rings. The number of nitrogens with one attached hydrogen (secondary N) is 3. The highest BCUT2D eigenvalue weighted by Crippen LogP contribution is 2.36. The lowest BCUT2D eigenvalue weighted by Crippen LogP contribution is -2.43. The first kappa shape index (κ1) is 25.9. The third kappa shape index (κ3) is 6.75. The predicted octanol–water partition coefficient (Wildman–Crippen LogP) is 4.63. The predicted molar refractivity (Wildman–Crippen MR) is 146 cm³/mol. The van der Waals surface area contributed by atoms with Gasteiger partial charge in [0.25, 0.3) is 5.91 Å². The number of nitrogens with zero attached hydrogens (tertiary/aromatic N) is 2. The first-order chi connectivity index (χ1) is 17.7. The van der Waals surface area contributed by atoms with E-state index >= 15 is 0 Å². The van der Waals surface area contributed by atoms with Crippen LogP contribution < -0.4 is 25.8 Å². The van der Waals surface area contributed by atoms with Gasteiger partial charge in [-0.2, -0.15) is 0 Å². The lowest BCUT2D eigenvalue weighted by atomic mass is 10.1. The molecule has 0 aliphatic heterocycles. The molecule has 1 aliphatic rings. The van der Waals surface area contributed by atoms with E-state index in [1.165, 1.54) is 6.21 Å². The number of nitrogens with two attached hydrogens (primary N) is 1. The second-order valence-corrected chi connectivity index (χ2v) is 10.0. The smallest absolute Gasteiger partial charge is 0.258 e. The van der Waals surface area contributed by atoms with Crippen molar-refractivity contribution >= 4 is 28.8 Å². The summed E-state index contributed by atoms with van der Waals surface area (Å²) in [6, 6.07) is 12.9. The molecule has 0 unspecified atom stereocenters. The van der Waals surface area contributed by atoms with Crippen molar-refractivity contribution in [1.82, 2.24) is 15.3 Å². The zero-order valence-electron chi connectivity index (χ0n) is 21.7. The lowest BCUT2D eigenvalue weighted by molar-refractivity contribution is -0.124. The molecule has 0 spiro atoms. The van der Waals surface area contributed by atoms with Crippen molar-refractivity contribution in [3.05, 3.63) is 53.9 Å². The Morgan fingerprint density at radius 1 is 1.14 bits per heavy atom. The summed E-state index contributed by atoms with van der Waals surface area (Å²) in [4.78, 5) is 21.8. The maximum Gasteiger partial charge on any atom is 0.258 e. The van der Waals surface area contributed by atoms with Gasteiger partial charge in [0.15, 0.2) is 12.4 Å². The Bertz CT molecular complexity index is 1340. The van der Waals surface area contributed by atoms with Gasteiger partial charge in [-0.25, -0.2) is 9.97 Å². The van der Waals surface area contributed by atoms with Crippen LogP contribution in [-0.4, -0.2) is 40.8 Å². The first-order valence-corrected chi connectivity index (χ1v) is 12.4. The number of aromatic nitrogens is 2. The van der Waals surface area contributed by atoms with E-state index in [1.807, 2.05) is 58.0 Å². The van der Waals surface area contributed by atoms with E-state index in [0.29, 0.717) is 52.6 Å². The van der Waals surface area contributed by atoms with Gasteiger partial charge >= 0.3 is 0 Å². The minimum atomic E-state index is -0.334. The maximum atomic E-state index is 12.2. The highest BCUT2D eigenvalue weighted by Gasteiger charge is 2.26. The first-order valence-electron chi connectivity index (χ1n) is 12.4. The van der Waals surface area contributed by atoms with Crippen LogP contribution >= 0.6 is 0 Å². The SMILES string of the molecule is CCOc1ccc2nc(-c3cccc(OCC(=O)NC(C)(C)C)c3)nc(N/C(C=N)=C(/N)C3CC3)c2c1. The van der Waals surface area contributed by atoms with Gasteiger partial charge < -0.3 is 31.3 Å². The zero-order chi connectivity index (χ0) is 26.6. The molecule has 0 bridgehead atoms. The largest absolute Gasteiger partial charge is 0.494 e. The summed E-state index contributed by atoms with van der Waals surface area (Å²) in [6.07, 6.45) is 3.27. The molecule has 1 heterocycles. The number of benzene rings is 2. The highest BCUT2D eigenvalue weighted by molar-refractivity contribution is 5.95. The second-order valence-electron chi connectivity index (χ2n) is 10.0. The molecular weight excluding hydrogens is 468 g/mol. The molecule has 9 nitrogen and oxygen atoms in total. The van der Waals surface area contributed by atoms with Crippen LogP contribution in [0, 0.1) is 11.3 Å². The van der Waals surface area contributed by atoms with Crippen LogP contribution in [0.5, 0.6) is 11.5 Å². The summed E-state index contributed by atoms with van der Waals surface area (Å²) in [5.74, 6) is 2.33. The number of fused-ring (bicyclic) bond motifs is 1. The molecule has 1 amide bonds. The van der Waals surface area contributed by atoms with Gasteiger partial charge in [-0.05, 0) is 70.9 Å². The monoisotopic (exact) mass is 502 g/mol. The summed E-state index contributed by atoms with van der Waals surface area (Å²) >= 11 is 0. The summed E-state index contributed by atoms with van der Waals surface area (Å²) in [5.41, 5.74) is 8.60. The van der Waals surface area contributed by atoms with Crippen molar-refractivity contribution in [1.29, 1.82) is 5.41 Å². The van der Waals surface area contributed by atoms with Crippen LogP contribution in [0.3, 0.4) is 0 Å². The summed E-state index contributed by atoms with van der Waals surface area (Å²) in [6.45, 7) is 8.13. The number of amides is 1. The van der Waals surface area contributed by atoms with E-state index in [9.17, 15) is 4.79 Å². The fourth-order valence-electron chi connectivity index (χ4n) is 3.85. The van der Waals surface area contributed by atoms with Gasteiger partial charge in [-0.1, -0.05) is 12.1 Å². The molecule has 0 atom stereocenters. The quantitative estimate of drug-likeness (QED) is 0.297. The molecule has 0 saturated heterocycles. The van der Waals surface area contributed by atoms with Crippen LogP contribution in [-0.2, 0) is 4.79 Å². The van der Waals surface area contributed by atoms with Crippen molar-refractivity contribution in [2.75, 3.05) is 18.5 Å². The second kappa shape index (κ2) is 10.9. The number of anilines is 1. The lowest BCUT2D eigenvalue weighted by Gasteiger charge is -2.20. The third-order valence-corrected chi connectivity index (χ3v) is 5.68.